The summed E-state index contributed by atoms with van der Waals surface area (Å²) < 4.78 is 5.22. The molecule has 0 saturated heterocycles. The van der Waals surface area contributed by atoms with Gasteiger partial charge in [0.05, 0.1) is 0 Å². The molecule has 2 aromatic rings. The van der Waals surface area contributed by atoms with E-state index in [1.807, 2.05) is 24.3 Å². The van der Waals surface area contributed by atoms with Crippen molar-refractivity contribution in [3.05, 3.63) is 77.2 Å². The molecule has 2 rings (SSSR count). The summed E-state index contributed by atoms with van der Waals surface area (Å²) >= 11 is 6.03. The zero-order chi connectivity index (χ0) is 23.5. The van der Waals surface area contributed by atoms with Gasteiger partial charge in [-0.2, -0.15) is 0 Å². The van der Waals surface area contributed by atoms with Crippen molar-refractivity contribution in [2.24, 2.45) is 5.73 Å². The minimum Gasteiger partial charge on any atom is -0.481 e. The van der Waals surface area contributed by atoms with E-state index in [2.05, 4.69) is 17.1 Å². The molecule has 0 aliphatic carbocycles. The van der Waals surface area contributed by atoms with Crippen molar-refractivity contribution < 1.29 is 24.0 Å². The highest BCUT2D eigenvalue weighted by atomic mass is 35.5. The van der Waals surface area contributed by atoms with E-state index >= 15 is 0 Å². The van der Waals surface area contributed by atoms with Crippen LogP contribution in [-0.4, -0.2) is 34.1 Å². The maximum atomic E-state index is 12.1. The van der Waals surface area contributed by atoms with Crippen molar-refractivity contribution in [1.29, 1.82) is 0 Å². The van der Waals surface area contributed by atoms with Crippen LogP contribution in [0.15, 0.2) is 59.7 Å². The number of carbonyl (C=O) groups is 3. The summed E-state index contributed by atoms with van der Waals surface area (Å²) in [6.07, 6.45) is 7.08. The number of hydrogen-bond acceptors (Lipinski definition) is 5. The molecule has 0 unspecified atom stereocenters. The lowest BCUT2D eigenvalue weighted by molar-refractivity contribution is -0.137. The lowest BCUT2D eigenvalue weighted by Gasteiger charge is -2.14. The molecule has 1 heterocycles. The third-order valence-electron chi connectivity index (χ3n) is 4.42. The molecule has 8 nitrogen and oxygen atoms in total. The van der Waals surface area contributed by atoms with Crippen LogP contribution in [0, 0.1) is 0 Å². The molecule has 32 heavy (non-hydrogen) atoms. The van der Waals surface area contributed by atoms with E-state index in [4.69, 9.17) is 27.0 Å². The number of benzene rings is 1. The molecular weight excluding hydrogens is 434 g/mol. The Morgan fingerprint density at radius 2 is 2.06 bits per heavy atom. The summed E-state index contributed by atoms with van der Waals surface area (Å²) in [5.74, 6) is -1.80. The van der Waals surface area contributed by atoms with E-state index in [1.165, 1.54) is 0 Å². The Morgan fingerprint density at radius 3 is 2.72 bits per heavy atom. The van der Waals surface area contributed by atoms with Crippen LogP contribution in [0.4, 0.5) is 0 Å². The summed E-state index contributed by atoms with van der Waals surface area (Å²) in [5.41, 5.74) is 7.59. The Bertz CT molecular complexity index is 1040. The number of carbonyl (C=O) groups excluding carboxylic acids is 2. The highest BCUT2D eigenvalue weighted by molar-refractivity contribution is 6.30. The molecule has 1 aromatic carbocycles. The van der Waals surface area contributed by atoms with Gasteiger partial charge in [0.1, 0.15) is 17.5 Å². The summed E-state index contributed by atoms with van der Waals surface area (Å²) in [6.45, 7) is 3.81. The normalized spacial score (nSPS) is 12.5. The number of amides is 2. The number of carboxylic acids is 1. The Morgan fingerprint density at radius 1 is 1.28 bits per heavy atom. The fraction of sp³-hybridized carbons (Fsp3) is 0.217. The number of nitrogens with zero attached hydrogens (tertiary/aromatic N) is 1. The Labute approximate surface area is 190 Å². The molecule has 0 fully saturated rings. The summed E-state index contributed by atoms with van der Waals surface area (Å²) in [5, 5.41) is 15.7. The SMILES string of the molecule is C=C/C(=C\C=C\c1cc(CCC(=O)N[C@@H](CCC(=O)O)C(N)=O)on1)c1cccc(Cl)c1. The molecule has 0 aliphatic rings. The molecule has 1 aromatic heterocycles. The van der Waals surface area contributed by atoms with Crippen molar-refractivity contribution in [3.63, 3.8) is 0 Å². The van der Waals surface area contributed by atoms with Gasteiger partial charge in [0.25, 0.3) is 0 Å². The number of aliphatic carboxylic acids is 1. The predicted molar refractivity (Wildman–Crippen MR) is 121 cm³/mol. The molecular formula is C23H24ClN3O5. The van der Waals surface area contributed by atoms with Crippen molar-refractivity contribution >= 4 is 41.0 Å². The second kappa shape index (κ2) is 12.3. The predicted octanol–water partition coefficient (Wildman–Crippen LogP) is 3.38. The lowest BCUT2D eigenvalue weighted by atomic mass is 10.1. The zero-order valence-corrected chi connectivity index (χ0v) is 18.0. The molecule has 1 atom stereocenters. The number of carboxylic acid groups (broad SMARTS) is 1. The van der Waals surface area contributed by atoms with Gasteiger partial charge < -0.3 is 20.7 Å². The van der Waals surface area contributed by atoms with Gasteiger partial charge in [0, 0.05) is 30.4 Å². The number of aryl methyl sites for hydroxylation is 1. The first-order chi connectivity index (χ1) is 15.3. The number of allylic oxidation sites excluding steroid dienone is 4. The van der Waals surface area contributed by atoms with E-state index in [1.54, 1.807) is 30.4 Å². The van der Waals surface area contributed by atoms with Crippen molar-refractivity contribution in [3.8, 4) is 0 Å². The number of aromatic nitrogens is 1. The molecule has 9 heteroatoms. The first kappa shape index (κ1) is 24.6. The zero-order valence-electron chi connectivity index (χ0n) is 17.3. The third kappa shape index (κ3) is 8.23. The van der Waals surface area contributed by atoms with E-state index in [0.29, 0.717) is 16.5 Å². The molecule has 0 radical (unpaired) electrons. The lowest BCUT2D eigenvalue weighted by Crippen LogP contribution is -2.44. The molecule has 0 aliphatic heterocycles. The Balaban J connectivity index is 1.90. The van der Waals surface area contributed by atoms with E-state index in [-0.39, 0.29) is 25.7 Å². The molecule has 0 spiro atoms. The summed E-state index contributed by atoms with van der Waals surface area (Å²) in [4.78, 5) is 34.1. The largest absolute Gasteiger partial charge is 0.481 e. The standard InChI is InChI=1S/C23H24ClN3O5/c1-2-15(16-6-3-7-17(24)13-16)5-4-8-18-14-19(32-27-18)9-11-21(28)26-20(23(25)31)10-12-22(29)30/h2-8,13-14,20H,1,9-12H2,(H2,25,31)(H,26,28)(H,29,30)/b8-4+,15-5+/t20-/m0/s1. The second-order valence-electron chi connectivity index (χ2n) is 6.87. The Kier molecular flexibility index (Phi) is 9.43. The smallest absolute Gasteiger partial charge is 0.303 e. The molecule has 4 N–H and O–H groups in total. The quantitative estimate of drug-likeness (QED) is 0.418. The Hall–Kier alpha value is -3.65. The minimum atomic E-state index is -1.07. The fourth-order valence-corrected chi connectivity index (χ4v) is 2.97. The fourth-order valence-electron chi connectivity index (χ4n) is 2.78. The van der Waals surface area contributed by atoms with Crippen molar-refractivity contribution in [2.45, 2.75) is 31.7 Å². The van der Waals surface area contributed by atoms with E-state index in [0.717, 1.165) is 11.1 Å². The van der Waals surface area contributed by atoms with Crippen LogP contribution < -0.4 is 11.1 Å². The van der Waals surface area contributed by atoms with Gasteiger partial charge in [-0.1, -0.05) is 53.7 Å². The van der Waals surface area contributed by atoms with Crippen LogP contribution in [0.1, 0.15) is 36.3 Å². The molecule has 2 amide bonds. The van der Waals surface area contributed by atoms with Crippen LogP contribution in [0.25, 0.3) is 11.6 Å². The average Bonchev–Trinajstić information content (AvgIpc) is 3.20. The van der Waals surface area contributed by atoms with Gasteiger partial charge in [0.15, 0.2) is 0 Å². The van der Waals surface area contributed by atoms with Gasteiger partial charge in [-0.05, 0) is 35.8 Å². The van der Waals surface area contributed by atoms with Gasteiger partial charge in [-0.15, -0.1) is 0 Å². The van der Waals surface area contributed by atoms with Crippen molar-refractivity contribution in [2.75, 3.05) is 0 Å². The number of halogens is 1. The monoisotopic (exact) mass is 457 g/mol. The first-order valence-corrected chi connectivity index (χ1v) is 10.2. The van der Waals surface area contributed by atoms with Gasteiger partial charge in [-0.3, -0.25) is 14.4 Å². The van der Waals surface area contributed by atoms with Crippen LogP contribution >= 0.6 is 11.6 Å². The minimum absolute atomic E-state index is 0.0322. The number of rotatable bonds is 12. The summed E-state index contributed by atoms with van der Waals surface area (Å²) in [6, 6.07) is 8.08. The van der Waals surface area contributed by atoms with Crippen LogP contribution in [0.2, 0.25) is 5.02 Å². The molecule has 168 valence electrons. The maximum Gasteiger partial charge on any atom is 0.303 e. The number of nitrogens with one attached hydrogen (secondary N) is 1. The molecule has 0 bridgehead atoms. The highest BCUT2D eigenvalue weighted by Gasteiger charge is 2.19. The van der Waals surface area contributed by atoms with Gasteiger partial charge >= 0.3 is 5.97 Å². The maximum absolute atomic E-state index is 12.1. The van der Waals surface area contributed by atoms with Crippen molar-refractivity contribution in [1.82, 2.24) is 10.5 Å². The van der Waals surface area contributed by atoms with E-state index < -0.39 is 23.8 Å². The second-order valence-corrected chi connectivity index (χ2v) is 7.31. The van der Waals surface area contributed by atoms with Crippen LogP contribution in [0.3, 0.4) is 0 Å². The van der Waals surface area contributed by atoms with Crippen LogP contribution in [0.5, 0.6) is 0 Å². The van der Waals surface area contributed by atoms with Crippen LogP contribution in [-0.2, 0) is 20.8 Å². The first-order valence-electron chi connectivity index (χ1n) is 9.81. The highest BCUT2D eigenvalue weighted by Crippen LogP contribution is 2.20. The van der Waals surface area contributed by atoms with Gasteiger partial charge in [0.2, 0.25) is 11.8 Å². The number of primary amides is 1. The van der Waals surface area contributed by atoms with Gasteiger partial charge in [-0.25, -0.2) is 0 Å². The third-order valence-corrected chi connectivity index (χ3v) is 4.66. The summed E-state index contributed by atoms with van der Waals surface area (Å²) in [7, 11) is 0. The average molecular weight is 458 g/mol. The number of hydrogen-bond donors (Lipinski definition) is 3. The number of nitrogens with two attached hydrogens (primary N) is 1. The topological polar surface area (TPSA) is 136 Å². The molecule has 0 saturated carbocycles. The van der Waals surface area contributed by atoms with E-state index in [9.17, 15) is 14.4 Å².